The minimum absolute atomic E-state index is 0.567. The molecule has 58 heavy (non-hydrogen) atoms. The van der Waals surface area contributed by atoms with Gasteiger partial charge in [-0.05, 0) is 82.8 Å². The number of para-hydroxylation sites is 2. The van der Waals surface area contributed by atoms with Crippen LogP contribution in [0.3, 0.4) is 0 Å². The molecule has 0 N–H and O–H groups in total. The molecule has 3 nitrogen and oxygen atoms in total. The summed E-state index contributed by atoms with van der Waals surface area (Å²) in [6.45, 7) is 6.33. The van der Waals surface area contributed by atoms with Crippen molar-refractivity contribution in [3.8, 4) is 0 Å². The summed E-state index contributed by atoms with van der Waals surface area (Å²) < 4.78 is 2.61. The van der Waals surface area contributed by atoms with Gasteiger partial charge in [0, 0.05) is 37.1 Å². The average Bonchev–Trinajstić information content (AvgIpc) is 3.67. The Morgan fingerprint density at radius 1 is 0.483 bits per heavy atom. The number of thiophene rings is 1. The molecule has 9 aromatic rings. The minimum atomic E-state index is -0.567. The van der Waals surface area contributed by atoms with Crippen molar-refractivity contribution in [3.63, 3.8) is 0 Å². The van der Waals surface area contributed by atoms with Crippen molar-refractivity contribution in [3.05, 3.63) is 252 Å². The molecule has 0 saturated carbocycles. The number of rotatable bonds is 7. The lowest BCUT2D eigenvalue weighted by Crippen LogP contribution is -2.37. The molecule has 1 aliphatic rings. The standard InChI is InChI=1S/C54H39N3S/c1-37(39-18-6-3-7-19-39)55-53(41-20-8-4-9-21-41)56-38(2)40-30-33-44(34-31-40)57-49-27-15-13-25-47(49)54(42-22-10-5-11-23-42,48-26-14-16-28-50(48)57)43-32-35-52-46(36-43)45-24-12-17-29-51(45)58-52/h3-36H,1H2,2H3/b55-53-,56-38+. The molecular weight excluding hydrogens is 723 g/mol. The minimum Gasteiger partial charge on any atom is -0.310 e. The molecule has 0 unspecified atom stereocenters. The van der Waals surface area contributed by atoms with Crippen molar-refractivity contribution in [1.82, 2.24) is 0 Å². The summed E-state index contributed by atoms with van der Waals surface area (Å²) in [4.78, 5) is 12.5. The van der Waals surface area contributed by atoms with E-state index in [2.05, 4.69) is 157 Å². The van der Waals surface area contributed by atoms with Gasteiger partial charge in [0.25, 0.3) is 0 Å². The van der Waals surface area contributed by atoms with Crippen LogP contribution in [0.5, 0.6) is 0 Å². The van der Waals surface area contributed by atoms with Crippen molar-refractivity contribution < 1.29 is 0 Å². The molecule has 0 radical (unpaired) electrons. The predicted octanol–water partition coefficient (Wildman–Crippen LogP) is 14.1. The predicted molar refractivity (Wildman–Crippen MR) is 247 cm³/mol. The molecule has 1 aliphatic heterocycles. The van der Waals surface area contributed by atoms with Crippen LogP contribution in [0.2, 0.25) is 0 Å². The lowest BCUT2D eigenvalue weighted by molar-refractivity contribution is 0.732. The monoisotopic (exact) mass is 761 g/mol. The Kier molecular flexibility index (Phi) is 8.97. The molecule has 2 heterocycles. The Morgan fingerprint density at radius 3 is 1.71 bits per heavy atom. The molecule has 0 spiro atoms. The summed E-state index contributed by atoms with van der Waals surface area (Å²) in [6.07, 6.45) is 0. The van der Waals surface area contributed by atoms with E-state index in [9.17, 15) is 0 Å². The molecule has 1 aromatic heterocycles. The third-order valence-corrected chi connectivity index (χ3v) is 12.5. The zero-order valence-electron chi connectivity index (χ0n) is 32.1. The fourth-order valence-corrected chi connectivity index (χ4v) is 9.69. The Balaban J connectivity index is 1.10. The lowest BCUT2D eigenvalue weighted by atomic mass is 9.62. The van der Waals surface area contributed by atoms with E-state index in [0.717, 1.165) is 39.5 Å². The van der Waals surface area contributed by atoms with Crippen LogP contribution < -0.4 is 4.90 Å². The number of benzene rings is 8. The topological polar surface area (TPSA) is 28.0 Å². The van der Waals surface area contributed by atoms with Crippen LogP contribution in [0.15, 0.2) is 223 Å². The van der Waals surface area contributed by atoms with E-state index in [4.69, 9.17) is 9.98 Å². The third-order valence-electron chi connectivity index (χ3n) is 11.3. The SMILES string of the molecule is C=C(/N=C(\N=C(/C)c1ccc(N2c3ccccc3C(c3ccccc3)(c3ccc4sc5ccccc5c4c3)c3ccccc32)cc1)c1ccccc1)c1ccccc1. The summed E-state index contributed by atoms with van der Waals surface area (Å²) >= 11 is 1.86. The van der Waals surface area contributed by atoms with E-state index in [0.29, 0.717) is 11.5 Å². The maximum Gasteiger partial charge on any atom is 0.160 e. The highest BCUT2D eigenvalue weighted by Gasteiger charge is 2.46. The van der Waals surface area contributed by atoms with Crippen molar-refractivity contribution in [1.29, 1.82) is 0 Å². The van der Waals surface area contributed by atoms with Gasteiger partial charge >= 0.3 is 0 Å². The average molecular weight is 762 g/mol. The fourth-order valence-electron chi connectivity index (χ4n) is 8.60. The van der Waals surface area contributed by atoms with Crippen molar-refractivity contribution in [2.45, 2.75) is 12.3 Å². The Bertz CT molecular complexity index is 2970. The first-order valence-electron chi connectivity index (χ1n) is 19.6. The number of fused-ring (bicyclic) bond motifs is 5. The second-order valence-corrected chi connectivity index (χ2v) is 15.7. The van der Waals surface area contributed by atoms with Gasteiger partial charge in [-0.25, -0.2) is 9.98 Å². The molecule has 8 aromatic carbocycles. The van der Waals surface area contributed by atoms with Gasteiger partial charge in [0.05, 0.1) is 22.5 Å². The van der Waals surface area contributed by atoms with Gasteiger partial charge < -0.3 is 4.90 Å². The van der Waals surface area contributed by atoms with Crippen LogP contribution in [0.4, 0.5) is 17.1 Å². The van der Waals surface area contributed by atoms with E-state index in [1.54, 1.807) is 0 Å². The third kappa shape index (κ3) is 5.98. The quantitative estimate of drug-likeness (QED) is 0.117. The Morgan fingerprint density at radius 2 is 1.03 bits per heavy atom. The molecular formula is C54H39N3S. The largest absolute Gasteiger partial charge is 0.310 e. The van der Waals surface area contributed by atoms with E-state index in [1.807, 2.05) is 78.9 Å². The van der Waals surface area contributed by atoms with Crippen molar-refractivity contribution in [2.24, 2.45) is 9.98 Å². The molecule has 10 rings (SSSR count). The Labute approximate surface area is 343 Å². The van der Waals surface area contributed by atoms with Gasteiger partial charge in [-0.15, -0.1) is 11.3 Å². The zero-order chi connectivity index (χ0) is 39.1. The molecule has 4 heteroatoms. The summed E-state index contributed by atoms with van der Waals surface area (Å²) in [5.41, 5.74) is 12.2. The highest BCUT2D eigenvalue weighted by molar-refractivity contribution is 7.25. The van der Waals surface area contributed by atoms with Crippen LogP contribution in [0, 0.1) is 0 Å². The first-order valence-corrected chi connectivity index (χ1v) is 20.4. The number of nitrogens with zero attached hydrogens (tertiary/aromatic N) is 3. The molecule has 0 fully saturated rings. The van der Waals surface area contributed by atoms with Crippen molar-refractivity contribution >= 4 is 65.8 Å². The van der Waals surface area contributed by atoms with Gasteiger partial charge in [0.15, 0.2) is 5.84 Å². The van der Waals surface area contributed by atoms with Crippen molar-refractivity contribution in [2.75, 3.05) is 4.90 Å². The summed E-state index contributed by atoms with van der Waals surface area (Å²) in [5, 5.41) is 2.59. The van der Waals surface area contributed by atoms with E-state index >= 15 is 0 Å². The zero-order valence-corrected chi connectivity index (χ0v) is 32.9. The highest BCUT2D eigenvalue weighted by Crippen LogP contribution is 2.58. The molecule has 0 amide bonds. The first kappa shape index (κ1) is 35.3. The van der Waals surface area contributed by atoms with E-state index in [1.165, 1.54) is 42.4 Å². The van der Waals surface area contributed by atoms with Crippen LogP contribution in [-0.2, 0) is 5.41 Å². The summed E-state index contributed by atoms with van der Waals surface area (Å²) in [6, 6.07) is 73.7. The maximum atomic E-state index is 5.11. The molecule has 0 bridgehead atoms. The fraction of sp³-hybridized carbons (Fsp3) is 0.0370. The molecule has 0 aliphatic carbocycles. The number of amidine groups is 1. The molecule has 276 valence electrons. The van der Waals surface area contributed by atoms with Gasteiger partial charge in [0.2, 0.25) is 0 Å². The second kappa shape index (κ2) is 14.7. The second-order valence-electron chi connectivity index (χ2n) is 14.7. The number of aliphatic imine (C=N–C) groups is 2. The van der Waals surface area contributed by atoms with Crippen LogP contribution in [-0.4, -0.2) is 11.5 Å². The first-order chi connectivity index (χ1) is 28.6. The molecule has 0 saturated heterocycles. The summed E-state index contributed by atoms with van der Waals surface area (Å²) in [7, 11) is 0. The summed E-state index contributed by atoms with van der Waals surface area (Å²) in [5.74, 6) is 0.626. The lowest BCUT2D eigenvalue weighted by Gasteiger charge is -2.46. The van der Waals surface area contributed by atoms with E-state index in [-0.39, 0.29) is 0 Å². The van der Waals surface area contributed by atoms with Gasteiger partial charge in [0.1, 0.15) is 0 Å². The van der Waals surface area contributed by atoms with Crippen LogP contribution in [0.1, 0.15) is 45.9 Å². The van der Waals surface area contributed by atoms with Gasteiger partial charge in [-0.3, -0.25) is 0 Å². The van der Waals surface area contributed by atoms with Crippen LogP contribution >= 0.6 is 11.3 Å². The Hall–Kier alpha value is -7.14. The number of hydrogen-bond acceptors (Lipinski definition) is 3. The molecule has 0 atom stereocenters. The normalized spacial score (nSPS) is 13.6. The van der Waals surface area contributed by atoms with E-state index < -0.39 is 5.41 Å². The van der Waals surface area contributed by atoms with Gasteiger partial charge in [-0.1, -0.05) is 170 Å². The van der Waals surface area contributed by atoms with Crippen LogP contribution in [0.25, 0.3) is 25.9 Å². The smallest absolute Gasteiger partial charge is 0.160 e. The maximum absolute atomic E-state index is 5.11. The highest BCUT2D eigenvalue weighted by atomic mass is 32.1. The van der Waals surface area contributed by atoms with Gasteiger partial charge in [-0.2, -0.15) is 0 Å². The number of hydrogen-bond donors (Lipinski definition) is 0. The number of anilines is 3.